The molecule has 3 atom stereocenters. The van der Waals surface area contributed by atoms with Gasteiger partial charge in [-0.3, -0.25) is 9.59 Å². The summed E-state index contributed by atoms with van der Waals surface area (Å²) in [4.78, 5) is 21.8. The van der Waals surface area contributed by atoms with E-state index in [2.05, 4.69) is 5.32 Å². The van der Waals surface area contributed by atoms with Gasteiger partial charge < -0.3 is 20.6 Å². The predicted molar refractivity (Wildman–Crippen MR) is 50.0 cm³/mol. The number of carboxylic acids is 1. The largest absolute Gasteiger partial charge is 0.481 e. The molecule has 0 spiro atoms. The van der Waals surface area contributed by atoms with Crippen molar-refractivity contribution in [3.63, 3.8) is 0 Å². The highest BCUT2D eigenvalue weighted by atomic mass is 16.4. The van der Waals surface area contributed by atoms with Gasteiger partial charge in [-0.25, -0.2) is 0 Å². The van der Waals surface area contributed by atoms with Crippen LogP contribution in [0.25, 0.3) is 0 Å². The summed E-state index contributed by atoms with van der Waals surface area (Å²) in [7, 11) is 0. The number of carbonyl (C=O) groups excluding carboxylic acids is 1. The molecular formula is C9H15NO5. The van der Waals surface area contributed by atoms with Gasteiger partial charge in [-0.2, -0.15) is 0 Å². The number of amides is 1. The quantitative estimate of drug-likeness (QED) is 0.451. The Morgan fingerprint density at radius 1 is 1.47 bits per heavy atom. The first-order chi connectivity index (χ1) is 6.87. The molecule has 1 amide bonds. The highest BCUT2D eigenvalue weighted by molar-refractivity contribution is 5.89. The van der Waals surface area contributed by atoms with Crippen LogP contribution in [-0.2, 0) is 9.59 Å². The maximum absolute atomic E-state index is 11.3. The van der Waals surface area contributed by atoms with E-state index in [4.69, 9.17) is 10.2 Å². The summed E-state index contributed by atoms with van der Waals surface area (Å²) >= 11 is 0. The van der Waals surface area contributed by atoms with E-state index in [1.807, 2.05) is 0 Å². The second kappa shape index (κ2) is 4.16. The van der Waals surface area contributed by atoms with Crippen LogP contribution in [-0.4, -0.2) is 45.9 Å². The Bertz CT molecular complexity index is 276. The van der Waals surface area contributed by atoms with E-state index in [-0.39, 0.29) is 12.5 Å². The smallest absolute Gasteiger partial charge is 0.307 e. The Morgan fingerprint density at radius 3 is 2.47 bits per heavy atom. The fourth-order valence-electron chi connectivity index (χ4n) is 1.22. The van der Waals surface area contributed by atoms with Gasteiger partial charge in [0.15, 0.2) is 0 Å². The molecule has 1 saturated carbocycles. The van der Waals surface area contributed by atoms with Crippen molar-refractivity contribution in [1.29, 1.82) is 0 Å². The highest BCUT2D eigenvalue weighted by Crippen LogP contribution is 2.38. The zero-order valence-corrected chi connectivity index (χ0v) is 8.43. The van der Waals surface area contributed by atoms with Crippen LogP contribution in [0.15, 0.2) is 0 Å². The molecule has 0 aromatic rings. The minimum Gasteiger partial charge on any atom is -0.481 e. The van der Waals surface area contributed by atoms with Gasteiger partial charge in [0.25, 0.3) is 0 Å². The second-order valence-electron chi connectivity index (χ2n) is 4.16. The third-order valence-corrected chi connectivity index (χ3v) is 2.43. The van der Waals surface area contributed by atoms with Gasteiger partial charge in [0.1, 0.15) is 5.60 Å². The van der Waals surface area contributed by atoms with Crippen molar-refractivity contribution in [3.8, 4) is 0 Å². The lowest BCUT2D eigenvalue weighted by atomic mass is 10.1. The highest BCUT2D eigenvalue weighted by Gasteiger charge is 2.48. The Balaban J connectivity index is 2.30. The van der Waals surface area contributed by atoms with E-state index in [0.29, 0.717) is 6.42 Å². The summed E-state index contributed by atoms with van der Waals surface area (Å²) in [5.41, 5.74) is -1.36. The summed E-state index contributed by atoms with van der Waals surface area (Å²) in [6.07, 6.45) is 0.350. The van der Waals surface area contributed by atoms with Gasteiger partial charge in [0.2, 0.25) is 5.91 Å². The van der Waals surface area contributed by atoms with Gasteiger partial charge in [-0.15, -0.1) is 0 Å². The number of aliphatic hydroxyl groups is 2. The average molecular weight is 217 g/mol. The number of nitrogens with one attached hydrogen (secondary N) is 1. The molecule has 0 radical (unpaired) electrons. The molecule has 0 heterocycles. The van der Waals surface area contributed by atoms with Gasteiger partial charge >= 0.3 is 5.97 Å². The van der Waals surface area contributed by atoms with E-state index >= 15 is 0 Å². The molecule has 0 aliphatic heterocycles. The van der Waals surface area contributed by atoms with E-state index in [9.17, 15) is 14.7 Å². The Hall–Kier alpha value is -1.14. The summed E-state index contributed by atoms with van der Waals surface area (Å²) in [5.74, 6) is -2.43. The van der Waals surface area contributed by atoms with Crippen molar-refractivity contribution >= 4 is 11.9 Å². The Morgan fingerprint density at radius 2 is 2.07 bits per heavy atom. The zero-order valence-electron chi connectivity index (χ0n) is 8.43. The number of hydrogen-bond acceptors (Lipinski definition) is 4. The first-order valence-electron chi connectivity index (χ1n) is 4.71. The molecule has 0 aromatic heterocycles. The molecule has 0 bridgehead atoms. The van der Waals surface area contributed by atoms with Crippen LogP contribution >= 0.6 is 0 Å². The second-order valence-corrected chi connectivity index (χ2v) is 4.16. The number of aliphatic carboxylic acids is 1. The minimum absolute atomic E-state index is 0.0782. The number of aliphatic hydroxyl groups excluding tert-OH is 1. The Kier molecular flexibility index (Phi) is 3.31. The van der Waals surface area contributed by atoms with Crippen LogP contribution < -0.4 is 5.32 Å². The maximum atomic E-state index is 11.3. The molecule has 4 N–H and O–H groups in total. The number of carbonyl (C=O) groups is 2. The van der Waals surface area contributed by atoms with Crippen LogP contribution in [0.4, 0.5) is 0 Å². The summed E-state index contributed by atoms with van der Waals surface area (Å²) in [6, 6.07) is 0. The van der Waals surface area contributed by atoms with E-state index in [0.717, 1.165) is 0 Å². The summed E-state index contributed by atoms with van der Waals surface area (Å²) in [5, 5.41) is 29.1. The van der Waals surface area contributed by atoms with Crippen molar-refractivity contribution in [2.45, 2.75) is 18.9 Å². The van der Waals surface area contributed by atoms with Crippen molar-refractivity contribution in [2.24, 2.45) is 11.8 Å². The van der Waals surface area contributed by atoms with Gasteiger partial charge in [-0.05, 0) is 13.3 Å². The third-order valence-electron chi connectivity index (χ3n) is 2.43. The van der Waals surface area contributed by atoms with Crippen LogP contribution in [0.2, 0.25) is 0 Å². The fourth-order valence-corrected chi connectivity index (χ4v) is 1.22. The van der Waals surface area contributed by atoms with Gasteiger partial charge in [-0.1, -0.05) is 0 Å². The topological polar surface area (TPSA) is 107 Å². The van der Waals surface area contributed by atoms with Crippen LogP contribution in [0.5, 0.6) is 0 Å². The number of rotatable bonds is 5. The molecule has 0 aromatic carbocycles. The molecular weight excluding hydrogens is 202 g/mol. The molecule has 86 valence electrons. The molecule has 1 aliphatic rings. The van der Waals surface area contributed by atoms with Gasteiger partial charge in [0, 0.05) is 6.54 Å². The molecule has 1 rings (SSSR count). The van der Waals surface area contributed by atoms with Crippen LogP contribution in [0, 0.1) is 11.8 Å². The first-order valence-corrected chi connectivity index (χ1v) is 4.71. The van der Waals surface area contributed by atoms with Crippen molar-refractivity contribution < 1.29 is 24.9 Å². The van der Waals surface area contributed by atoms with E-state index in [1.165, 1.54) is 6.92 Å². The number of hydrogen-bond donors (Lipinski definition) is 4. The van der Waals surface area contributed by atoms with E-state index < -0.39 is 30.0 Å². The molecule has 1 fully saturated rings. The lowest BCUT2D eigenvalue weighted by Gasteiger charge is -2.20. The van der Waals surface area contributed by atoms with Crippen molar-refractivity contribution in [1.82, 2.24) is 5.32 Å². The SMILES string of the molecule is CC(O)(CO)CNC(=O)[C@@H]1C[C@@H]1C(=O)O. The van der Waals surface area contributed by atoms with Crippen molar-refractivity contribution in [2.75, 3.05) is 13.2 Å². The monoisotopic (exact) mass is 217 g/mol. The predicted octanol–water partition coefficient (Wildman–Crippen LogP) is -1.43. The van der Waals surface area contributed by atoms with Gasteiger partial charge in [0.05, 0.1) is 18.4 Å². The lowest BCUT2D eigenvalue weighted by Crippen LogP contribution is -2.43. The summed E-state index contributed by atoms with van der Waals surface area (Å²) in [6.45, 7) is 0.848. The minimum atomic E-state index is -1.36. The maximum Gasteiger partial charge on any atom is 0.307 e. The molecule has 1 unspecified atom stereocenters. The molecule has 15 heavy (non-hydrogen) atoms. The van der Waals surface area contributed by atoms with Crippen LogP contribution in [0.1, 0.15) is 13.3 Å². The zero-order chi connectivity index (χ0) is 11.6. The fraction of sp³-hybridized carbons (Fsp3) is 0.778. The van der Waals surface area contributed by atoms with Crippen LogP contribution in [0.3, 0.4) is 0 Å². The molecule has 0 saturated heterocycles. The summed E-state index contributed by atoms with van der Waals surface area (Å²) < 4.78 is 0. The molecule has 6 nitrogen and oxygen atoms in total. The van der Waals surface area contributed by atoms with E-state index in [1.54, 1.807) is 0 Å². The average Bonchev–Trinajstić information content (AvgIpc) is 2.94. The number of carboxylic acid groups (broad SMARTS) is 1. The lowest BCUT2D eigenvalue weighted by molar-refractivity contribution is -0.140. The van der Waals surface area contributed by atoms with Crippen molar-refractivity contribution in [3.05, 3.63) is 0 Å². The third kappa shape index (κ3) is 3.17. The Labute approximate surface area is 86.9 Å². The molecule has 1 aliphatic carbocycles. The first kappa shape index (κ1) is 11.9. The normalized spacial score (nSPS) is 27.9. The standard InChI is InChI=1S/C9H15NO5/c1-9(15,4-11)3-10-7(12)5-2-6(5)8(13)14/h5-6,11,15H,2-4H2,1H3,(H,10,12)(H,13,14)/t5-,6+,9?/m1/s1. The molecule has 6 heteroatoms.